The summed E-state index contributed by atoms with van der Waals surface area (Å²) in [5.74, 6) is 0. The van der Waals surface area contributed by atoms with E-state index >= 15 is 0 Å². The third-order valence-corrected chi connectivity index (χ3v) is 4.86. The van der Waals surface area contributed by atoms with Crippen LogP contribution in [0.2, 0.25) is 6.04 Å². The fraction of sp³-hybridized carbons (Fsp3) is 0.857. The second-order valence-electron chi connectivity index (χ2n) is 2.91. The van der Waals surface area contributed by atoms with Gasteiger partial charge in [-0.05, 0) is 6.92 Å². The molecule has 7 heteroatoms. The van der Waals surface area contributed by atoms with Crippen LogP contribution in [0, 0.1) is 0 Å². The van der Waals surface area contributed by atoms with Gasteiger partial charge in [-0.3, -0.25) is 0 Å². The molecule has 0 saturated carbocycles. The first-order chi connectivity index (χ1) is 6.49. The maximum Gasteiger partial charge on any atom is 0.502 e. The Morgan fingerprint density at radius 3 is 2.07 bits per heavy atom. The van der Waals surface area contributed by atoms with Crippen molar-refractivity contribution >= 4 is 14.8 Å². The van der Waals surface area contributed by atoms with Crippen molar-refractivity contribution in [3.05, 3.63) is 0 Å². The smallest absolute Gasteiger partial charge is 0.377 e. The summed E-state index contributed by atoms with van der Waals surface area (Å²) in [5, 5.41) is 2.53. The summed E-state index contributed by atoms with van der Waals surface area (Å²) < 4.78 is 15.6. The molecular weight excluding hydrogens is 204 g/mol. The van der Waals surface area contributed by atoms with Crippen molar-refractivity contribution < 1.29 is 18.1 Å². The van der Waals surface area contributed by atoms with E-state index in [1.165, 1.54) is 21.3 Å². The summed E-state index contributed by atoms with van der Waals surface area (Å²) in [6.45, 7) is 1.81. The van der Waals surface area contributed by atoms with Gasteiger partial charge in [-0.1, -0.05) is 0 Å². The van der Waals surface area contributed by atoms with Crippen LogP contribution in [-0.2, 0) is 13.3 Å². The summed E-state index contributed by atoms with van der Waals surface area (Å²) in [6, 6.07) is -0.220. The third kappa shape index (κ3) is 4.05. The number of carbonyl (C=O) groups excluding carboxylic acids is 1. The summed E-state index contributed by atoms with van der Waals surface area (Å²) in [6.07, 6.45) is 0. The highest BCUT2D eigenvalue weighted by molar-refractivity contribution is 6.60. The number of primary amides is 1. The average molecular weight is 222 g/mol. The standard InChI is InChI=1S/C7H18N2O4Si/c1-6(9-7(8)10)5-14(11-2,12-3)13-4/h6H,5H2,1-4H3,(H3,8,9,10). The van der Waals surface area contributed by atoms with Crippen LogP contribution in [0.3, 0.4) is 0 Å². The quantitative estimate of drug-likeness (QED) is 0.616. The first-order valence-corrected chi connectivity index (χ1v) is 6.14. The number of nitrogens with two attached hydrogens (primary N) is 1. The molecule has 0 saturated heterocycles. The van der Waals surface area contributed by atoms with Crippen LogP contribution in [-0.4, -0.2) is 42.2 Å². The molecule has 1 atom stereocenters. The molecule has 84 valence electrons. The molecule has 0 heterocycles. The molecule has 0 aliphatic heterocycles. The van der Waals surface area contributed by atoms with Gasteiger partial charge in [0.1, 0.15) is 0 Å². The van der Waals surface area contributed by atoms with Crippen molar-refractivity contribution in [1.29, 1.82) is 0 Å². The maximum atomic E-state index is 10.6. The van der Waals surface area contributed by atoms with Crippen molar-refractivity contribution in [1.82, 2.24) is 5.32 Å². The van der Waals surface area contributed by atoms with Gasteiger partial charge in [-0.25, -0.2) is 4.79 Å². The lowest BCUT2D eigenvalue weighted by atomic mass is 10.4. The van der Waals surface area contributed by atoms with Gasteiger partial charge in [-0.2, -0.15) is 0 Å². The number of hydrogen-bond donors (Lipinski definition) is 2. The van der Waals surface area contributed by atoms with E-state index in [0.29, 0.717) is 6.04 Å². The Labute approximate surface area is 85.1 Å². The lowest BCUT2D eigenvalue weighted by Crippen LogP contribution is -2.49. The zero-order valence-electron chi connectivity index (χ0n) is 8.99. The summed E-state index contributed by atoms with van der Waals surface area (Å²) in [7, 11) is 1.95. The Morgan fingerprint density at radius 1 is 1.36 bits per heavy atom. The Hall–Kier alpha value is -0.633. The summed E-state index contributed by atoms with van der Waals surface area (Å²) in [5.41, 5.74) is 4.98. The fourth-order valence-electron chi connectivity index (χ4n) is 1.17. The van der Waals surface area contributed by atoms with Crippen LogP contribution in [0.1, 0.15) is 6.92 Å². The molecule has 0 aliphatic carbocycles. The van der Waals surface area contributed by atoms with Crippen LogP contribution in [0.15, 0.2) is 0 Å². The van der Waals surface area contributed by atoms with E-state index in [-0.39, 0.29) is 6.04 Å². The number of rotatable bonds is 6. The summed E-state index contributed by atoms with van der Waals surface area (Å²) >= 11 is 0. The number of urea groups is 1. The van der Waals surface area contributed by atoms with Crippen LogP contribution in [0.25, 0.3) is 0 Å². The monoisotopic (exact) mass is 222 g/mol. The zero-order valence-corrected chi connectivity index (χ0v) is 9.99. The molecule has 14 heavy (non-hydrogen) atoms. The minimum Gasteiger partial charge on any atom is -0.377 e. The predicted molar refractivity (Wildman–Crippen MR) is 53.8 cm³/mol. The SMILES string of the molecule is CO[Si](CC(C)NC(N)=O)(OC)OC. The Bertz CT molecular complexity index is 178. The van der Waals surface area contributed by atoms with Crippen LogP contribution in [0.4, 0.5) is 4.79 Å². The molecule has 0 aromatic carbocycles. The van der Waals surface area contributed by atoms with E-state index in [0.717, 1.165) is 0 Å². The molecule has 0 aromatic heterocycles. The minimum absolute atomic E-state index is 0.140. The molecule has 2 amide bonds. The number of amides is 2. The summed E-state index contributed by atoms with van der Waals surface area (Å²) in [4.78, 5) is 10.6. The Kier molecular flexibility index (Phi) is 5.70. The van der Waals surface area contributed by atoms with E-state index in [2.05, 4.69) is 5.32 Å². The van der Waals surface area contributed by atoms with Crippen molar-refractivity contribution in [2.24, 2.45) is 5.73 Å². The van der Waals surface area contributed by atoms with Crippen molar-refractivity contribution in [2.45, 2.75) is 19.0 Å². The normalized spacial score (nSPS) is 13.7. The fourth-order valence-corrected chi connectivity index (χ4v) is 3.02. The molecule has 0 aromatic rings. The van der Waals surface area contributed by atoms with E-state index < -0.39 is 14.8 Å². The highest BCUT2D eigenvalue weighted by Gasteiger charge is 2.39. The molecule has 0 radical (unpaired) electrons. The van der Waals surface area contributed by atoms with Gasteiger partial charge >= 0.3 is 14.8 Å². The average Bonchev–Trinajstić information content (AvgIpc) is 2.13. The molecule has 0 rings (SSSR count). The first kappa shape index (κ1) is 13.4. The molecular formula is C7H18N2O4Si. The van der Waals surface area contributed by atoms with Gasteiger partial charge in [0, 0.05) is 33.4 Å². The molecule has 0 bridgehead atoms. The highest BCUT2D eigenvalue weighted by atomic mass is 28.4. The largest absolute Gasteiger partial charge is 0.502 e. The molecule has 3 N–H and O–H groups in total. The van der Waals surface area contributed by atoms with Crippen LogP contribution < -0.4 is 11.1 Å². The number of carbonyl (C=O) groups is 1. The second-order valence-corrected chi connectivity index (χ2v) is 5.91. The van der Waals surface area contributed by atoms with Gasteiger partial charge in [0.25, 0.3) is 0 Å². The maximum absolute atomic E-state index is 10.6. The lowest BCUT2D eigenvalue weighted by molar-refractivity contribution is 0.121. The first-order valence-electron chi connectivity index (χ1n) is 4.21. The van der Waals surface area contributed by atoms with E-state index in [1.807, 2.05) is 6.92 Å². The number of nitrogens with one attached hydrogen (secondary N) is 1. The van der Waals surface area contributed by atoms with E-state index in [4.69, 9.17) is 19.0 Å². The molecule has 6 nitrogen and oxygen atoms in total. The van der Waals surface area contributed by atoms with Crippen molar-refractivity contribution in [3.8, 4) is 0 Å². The third-order valence-electron chi connectivity index (χ3n) is 1.88. The van der Waals surface area contributed by atoms with Crippen LogP contribution >= 0.6 is 0 Å². The van der Waals surface area contributed by atoms with Gasteiger partial charge in [-0.15, -0.1) is 0 Å². The van der Waals surface area contributed by atoms with Gasteiger partial charge in [0.15, 0.2) is 0 Å². The number of hydrogen-bond acceptors (Lipinski definition) is 4. The molecule has 0 spiro atoms. The minimum atomic E-state index is -2.62. The van der Waals surface area contributed by atoms with E-state index in [9.17, 15) is 4.79 Å². The molecule has 1 unspecified atom stereocenters. The van der Waals surface area contributed by atoms with Gasteiger partial charge in [0.2, 0.25) is 0 Å². The second kappa shape index (κ2) is 5.97. The highest BCUT2D eigenvalue weighted by Crippen LogP contribution is 2.14. The molecule has 0 fully saturated rings. The van der Waals surface area contributed by atoms with Crippen LogP contribution in [0.5, 0.6) is 0 Å². The Morgan fingerprint density at radius 2 is 1.79 bits per heavy atom. The lowest BCUT2D eigenvalue weighted by Gasteiger charge is -2.27. The zero-order chi connectivity index (χ0) is 11.2. The predicted octanol–water partition coefficient (Wildman–Crippen LogP) is -0.0787. The van der Waals surface area contributed by atoms with Gasteiger partial charge < -0.3 is 24.3 Å². The topological polar surface area (TPSA) is 82.8 Å². The van der Waals surface area contributed by atoms with E-state index in [1.54, 1.807) is 0 Å². The van der Waals surface area contributed by atoms with Crippen molar-refractivity contribution in [2.75, 3.05) is 21.3 Å². The van der Waals surface area contributed by atoms with Gasteiger partial charge in [0.05, 0.1) is 0 Å². The molecule has 0 aliphatic rings. The van der Waals surface area contributed by atoms with Crippen molar-refractivity contribution in [3.63, 3.8) is 0 Å². The Balaban J connectivity index is 4.21.